The fourth-order valence-electron chi connectivity index (χ4n) is 7.83. The summed E-state index contributed by atoms with van der Waals surface area (Å²) in [7, 11) is 0. The van der Waals surface area contributed by atoms with E-state index in [1.54, 1.807) is 44.2 Å². The molecule has 0 aliphatic carbocycles. The van der Waals surface area contributed by atoms with E-state index >= 15 is 0 Å². The second-order valence-corrected chi connectivity index (χ2v) is 19.8. The van der Waals surface area contributed by atoms with Crippen molar-refractivity contribution in [2.45, 2.75) is 140 Å². The highest BCUT2D eigenvalue weighted by atomic mass is 32.1. The van der Waals surface area contributed by atoms with E-state index in [9.17, 15) is 52.7 Å². The number of primary amides is 1. The number of rotatable bonds is 39. The van der Waals surface area contributed by atoms with Gasteiger partial charge < -0.3 is 92.6 Å². The smallest absolute Gasteiger partial charge is 0.243 e. The Morgan fingerprint density at radius 1 is 0.578 bits per heavy atom. The Bertz CT molecular complexity index is 2510. The molecule has 0 radical (unpaired) electrons. The summed E-state index contributed by atoms with van der Waals surface area (Å²) >= 11 is 4.04. The van der Waals surface area contributed by atoms with E-state index in [0.29, 0.717) is 37.1 Å². The lowest BCUT2D eigenvalue weighted by atomic mass is 9.96. The van der Waals surface area contributed by atoms with Crippen molar-refractivity contribution in [3.05, 3.63) is 54.1 Å². The first kappa shape index (κ1) is 70.6. The molecule has 0 aliphatic rings. The Kier molecular flexibility index (Phi) is 32.5. The van der Waals surface area contributed by atoms with Crippen LogP contribution in [-0.4, -0.2) is 174 Å². The molecule has 11 amide bonds. The summed E-state index contributed by atoms with van der Waals surface area (Å²) < 4.78 is 0. The van der Waals surface area contributed by atoms with E-state index in [-0.39, 0.29) is 75.7 Å². The molecule has 2 rings (SSSR count). The number of H-pyrrole nitrogens is 1. The van der Waals surface area contributed by atoms with Crippen LogP contribution in [0.15, 0.2) is 52.8 Å². The van der Waals surface area contributed by atoms with Gasteiger partial charge in [0.05, 0.1) is 19.4 Å². The number of imidazole rings is 1. The molecule has 31 nitrogen and oxygen atoms in total. The Morgan fingerprint density at radius 2 is 1.08 bits per heavy atom. The predicted octanol–water partition coefficient (Wildman–Crippen LogP) is -5.96. The van der Waals surface area contributed by atoms with Crippen LogP contribution in [0, 0.1) is 5.92 Å². The Hall–Kier alpha value is -8.55. The number of thiol groups is 1. The third kappa shape index (κ3) is 28.1. The maximum absolute atomic E-state index is 14.6. The van der Waals surface area contributed by atoms with Gasteiger partial charge in [-0.15, -0.1) is 0 Å². The van der Waals surface area contributed by atoms with Gasteiger partial charge in [0.25, 0.3) is 0 Å². The minimum Gasteiger partial charge on any atom is -0.370 e. The molecule has 0 spiro atoms. The second-order valence-electron chi connectivity index (χ2n) is 19.5. The summed E-state index contributed by atoms with van der Waals surface area (Å²) in [4.78, 5) is 162. The van der Waals surface area contributed by atoms with Gasteiger partial charge >= 0.3 is 0 Å². The average Bonchev–Trinajstić information content (AvgIpc) is 4.14. The zero-order chi connectivity index (χ0) is 62.0. The molecule has 2 aromatic rings. The number of hydrogen-bond donors (Lipinski definition) is 18. The number of amides is 11. The summed E-state index contributed by atoms with van der Waals surface area (Å²) in [5, 5.41) is 25.6. The first-order chi connectivity index (χ1) is 39.4. The maximum atomic E-state index is 14.6. The molecule has 0 aliphatic heterocycles. The lowest BCUT2D eigenvalue weighted by molar-refractivity contribution is -0.136. The highest BCUT2D eigenvalue weighted by Gasteiger charge is 2.35. The van der Waals surface area contributed by atoms with E-state index in [1.807, 2.05) is 0 Å². The number of hydrogen-bond acceptors (Lipinski definition) is 16. The molecule has 83 heavy (non-hydrogen) atoms. The first-order valence-corrected chi connectivity index (χ1v) is 27.7. The molecule has 9 atom stereocenters. The van der Waals surface area contributed by atoms with Crippen molar-refractivity contribution >= 4 is 89.5 Å². The number of nitrogens with one attached hydrogen (secondary N) is 11. The molecule has 23 N–H and O–H groups in total. The van der Waals surface area contributed by atoms with Gasteiger partial charge in [-0.2, -0.15) is 12.6 Å². The fourth-order valence-corrected chi connectivity index (χ4v) is 8.08. The fraction of sp³-hybridized carbons (Fsp3) is 0.569. The van der Waals surface area contributed by atoms with E-state index < -0.39 is 132 Å². The molecule has 460 valence electrons. The molecule has 1 aromatic heterocycles. The molecule has 0 bridgehead atoms. The number of nitrogens with two attached hydrogens (primary N) is 6. The zero-order valence-corrected chi connectivity index (χ0v) is 48.2. The number of carbonyl (C=O) groups is 11. The lowest BCUT2D eigenvalue weighted by Gasteiger charge is -2.29. The van der Waals surface area contributed by atoms with Crippen LogP contribution in [0.3, 0.4) is 0 Å². The van der Waals surface area contributed by atoms with Gasteiger partial charge in [-0.1, -0.05) is 50.6 Å². The number of aliphatic imine (C=N–C) groups is 2. The van der Waals surface area contributed by atoms with Crippen LogP contribution in [-0.2, 0) is 65.6 Å². The normalized spacial score (nSPS) is 14.0. The number of unbranched alkanes of at least 4 members (excludes halogenated alkanes) is 1. The van der Waals surface area contributed by atoms with Crippen LogP contribution in [0.5, 0.6) is 0 Å². The SMILES string of the molecule is CC[C@H](C)[C@H](NC(=O)[C@H](CCCN=C(N)N)NC(=O)[C@H](CCCN=C(N)N)NC(=O)[C@H](Cc1cnc[nH]1)NC(=O)[C@H](Cc1ccccc1)NC(=O)CNC(=O)CNC(=O)[C@H](CS)NC(C)=O)C(=O)N[C@@H](CCCCN)C(=O)N[C@@H](C)C(N)=O. The van der Waals surface area contributed by atoms with Gasteiger partial charge in [-0.3, -0.25) is 62.7 Å². The number of nitrogens with zero attached hydrogens (tertiary/aromatic N) is 3. The van der Waals surface area contributed by atoms with Gasteiger partial charge in [-0.05, 0) is 69.9 Å². The highest BCUT2D eigenvalue weighted by molar-refractivity contribution is 7.80. The minimum atomic E-state index is -1.47. The third-order valence-electron chi connectivity index (χ3n) is 12.6. The Labute approximate surface area is 487 Å². The predicted molar refractivity (Wildman–Crippen MR) is 310 cm³/mol. The van der Waals surface area contributed by atoms with Gasteiger partial charge in [0, 0.05) is 50.5 Å². The number of guanidine groups is 2. The van der Waals surface area contributed by atoms with Crippen molar-refractivity contribution in [1.82, 2.24) is 63.1 Å². The second kappa shape index (κ2) is 38.2. The van der Waals surface area contributed by atoms with Crippen molar-refractivity contribution in [2.24, 2.45) is 50.3 Å². The molecule has 0 saturated carbocycles. The van der Waals surface area contributed by atoms with Crippen LogP contribution in [0.1, 0.15) is 90.3 Å². The van der Waals surface area contributed by atoms with Gasteiger partial charge in [0.15, 0.2) is 11.9 Å². The summed E-state index contributed by atoms with van der Waals surface area (Å²) in [5.74, 6) is -9.56. The molecule has 32 heteroatoms. The van der Waals surface area contributed by atoms with E-state index in [4.69, 9.17) is 34.4 Å². The topological polar surface area (TPSA) is 518 Å². The summed E-state index contributed by atoms with van der Waals surface area (Å²) in [5.41, 5.74) is 34.3. The van der Waals surface area contributed by atoms with E-state index in [2.05, 4.69) is 85.7 Å². The highest BCUT2D eigenvalue weighted by Crippen LogP contribution is 2.13. The Balaban J connectivity index is 2.51. The van der Waals surface area contributed by atoms with Crippen molar-refractivity contribution in [1.29, 1.82) is 0 Å². The summed E-state index contributed by atoms with van der Waals surface area (Å²) in [6.07, 6.45) is 3.85. The van der Waals surface area contributed by atoms with Crippen molar-refractivity contribution in [3.63, 3.8) is 0 Å². The van der Waals surface area contributed by atoms with Crippen molar-refractivity contribution in [2.75, 3.05) is 38.5 Å². The lowest BCUT2D eigenvalue weighted by Crippen LogP contribution is -2.61. The van der Waals surface area contributed by atoms with Crippen LogP contribution < -0.4 is 87.6 Å². The van der Waals surface area contributed by atoms with Crippen molar-refractivity contribution < 1.29 is 52.7 Å². The average molecular weight is 1190 g/mol. The molecular weight excluding hydrogens is 1100 g/mol. The molecule has 0 saturated heterocycles. The summed E-state index contributed by atoms with van der Waals surface area (Å²) in [6, 6.07) is -1.65. The van der Waals surface area contributed by atoms with Crippen molar-refractivity contribution in [3.8, 4) is 0 Å². The summed E-state index contributed by atoms with van der Waals surface area (Å²) in [6.45, 7) is 5.19. The quantitative estimate of drug-likeness (QED) is 0.0128. The maximum Gasteiger partial charge on any atom is 0.243 e. The molecule has 0 fully saturated rings. The third-order valence-corrected chi connectivity index (χ3v) is 13.0. The molecule has 0 unspecified atom stereocenters. The number of carbonyl (C=O) groups excluding carboxylic acids is 11. The zero-order valence-electron chi connectivity index (χ0n) is 47.3. The van der Waals surface area contributed by atoms with Crippen LogP contribution in [0.25, 0.3) is 0 Å². The number of benzene rings is 1. The molecule has 1 heterocycles. The molecule has 1 aromatic carbocycles. The monoisotopic (exact) mass is 1180 g/mol. The number of aromatic amines is 1. The van der Waals surface area contributed by atoms with Gasteiger partial charge in [0.1, 0.15) is 48.3 Å². The van der Waals surface area contributed by atoms with Crippen LogP contribution in [0.2, 0.25) is 0 Å². The molecular formula is C51H84N20O11S. The number of aromatic nitrogens is 2. The van der Waals surface area contributed by atoms with Crippen LogP contribution in [0.4, 0.5) is 0 Å². The van der Waals surface area contributed by atoms with Gasteiger partial charge in [0.2, 0.25) is 65.0 Å². The minimum absolute atomic E-state index is 0.00217. The largest absolute Gasteiger partial charge is 0.370 e. The first-order valence-electron chi connectivity index (χ1n) is 27.0. The van der Waals surface area contributed by atoms with E-state index in [1.165, 1.54) is 26.4 Å². The van der Waals surface area contributed by atoms with Gasteiger partial charge in [-0.25, -0.2) is 4.98 Å². The van der Waals surface area contributed by atoms with E-state index in [0.717, 1.165) is 0 Å². The van der Waals surface area contributed by atoms with Crippen LogP contribution >= 0.6 is 12.6 Å². The Morgan fingerprint density at radius 3 is 1.59 bits per heavy atom. The standard InChI is InChI=1S/C51H84N20O11S/c1-5-28(2)41(49(82)69-33(15-9-10-18-52)44(77)64-29(3)42(53)75)71-46(79)35(17-12-20-60-51(56)57)67-45(78)34(16-11-19-59-50(54)55)68-48(81)37(22-32-23-58-27-63-32)70-47(80)36(21-31-13-7-6-8-14-31)66-40(74)25-61-39(73)24-62-43(76)38(26-83)65-30(4)72/h6-8,13-14,23,27-29,33-38,41,83H,5,9-12,15-22,24-26,52H2,1-4H3,(H2,53,75)(H,58,63)(H,61,73)(H,62,76)(H,64,77)(H,65,72)(H,66,74)(H,67,78)(H,68,81)(H,69,82)(H,70,80)(H,71,79)(H4,54,55,59)(H4,56,57,60)/t28-,29-,33-,34-,35-,36-,37-,38-,41-/m0/s1.